The molecule has 2 heterocycles. The highest BCUT2D eigenvalue weighted by molar-refractivity contribution is 5.94. The van der Waals surface area contributed by atoms with E-state index < -0.39 is 0 Å². The fourth-order valence-electron chi connectivity index (χ4n) is 3.45. The number of nitrogens with one attached hydrogen (secondary N) is 1. The van der Waals surface area contributed by atoms with Crippen LogP contribution in [0.15, 0.2) is 48.5 Å². The van der Waals surface area contributed by atoms with E-state index in [1.807, 2.05) is 52.8 Å². The number of hydrogen-bond acceptors (Lipinski definition) is 4. The van der Waals surface area contributed by atoms with Crippen molar-refractivity contribution < 1.29 is 14.3 Å². The average molecular weight is 392 g/mol. The first kappa shape index (κ1) is 19.1. The Morgan fingerprint density at radius 1 is 1.07 bits per heavy atom. The summed E-state index contributed by atoms with van der Waals surface area (Å²) in [5, 5.41) is 2.92. The molecule has 1 N–H and O–H groups in total. The van der Waals surface area contributed by atoms with Crippen LogP contribution in [-0.2, 0) is 22.6 Å². The Labute approximate surface area is 169 Å². The maximum absolute atomic E-state index is 12.8. The molecule has 2 aromatic carbocycles. The fourth-order valence-corrected chi connectivity index (χ4v) is 3.45. The van der Waals surface area contributed by atoms with Gasteiger partial charge in [0.25, 0.3) is 5.91 Å². The minimum absolute atomic E-state index is 0.0302. The van der Waals surface area contributed by atoms with Gasteiger partial charge in [0.15, 0.2) is 0 Å². The lowest BCUT2D eigenvalue weighted by atomic mass is 10.1. The second-order valence-electron chi connectivity index (χ2n) is 7.14. The number of amides is 2. The van der Waals surface area contributed by atoms with Gasteiger partial charge in [0.1, 0.15) is 12.4 Å². The van der Waals surface area contributed by atoms with Crippen molar-refractivity contribution in [1.82, 2.24) is 19.8 Å². The first-order chi connectivity index (χ1) is 14.1. The first-order valence-electron chi connectivity index (χ1n) is 9.76. The molecule has 3 aromatic rings. The Kier molecular flexibility index (Phi) is 5.57. The van der Waals surface area contributed by atoms with E-state index in [2.05, 4.69) is 10.3 Å². The highest BCUT2D eigenvalue weighted by atomic mass is 16.5. The summed E-state index contributed by atoms with van der Waals surface area (Å²) in [5.41, 5.74) is 3.39. The number of imidazole rings is 1. The predicted octanol–water partition coefficient (Wildman–Crippen LogP) is 2.13. The van der Waals surface area contributed by atoms with E-state index in [-0.39, 0.29) is 24.9 Å². The molecule has 0 bridgehead atoms. The number of morpholine rings is 1. The molecule has 29 heavy (non-hydrogen) atoms. The molecule has 7 heteroatoms. The molecule has 1 aromatic heterocycles. The zero-order valence-corrected chi connectivity index (χ0v) is 16.4. The second-order valence-corrected chi connectivity index (χ2v) is 7.14. The number of carbonyl (C=O) groups is 2. The lowest BCUT2D eigenvalue weighted by Gasteiger charge is -2.27. The van der Waals surface area contributed by atoms with Crippen molar-refractivity contribution in [2.24, 2.45) is 0 Å². The van der Waals surface area contributed by atoms with Crippen molar-refractivity contribution in [1.29, 1.82) is 0 Å². The van der Waals surface area contributed by atoms with E-state index >= 15 is 0 Å². The summed E-state index contributed by atoms with van der Waals surface area (Å²) in [6.07, 6.45) is 0. The molecular formula is C22H24N4O3. The molecule has 0 atom stereocenters. The maximum Gasteiger partial charge on any atom is 0.251 e. The van der Waals surface area contributed by atoms with E-state index in [0.29, 0.717) is 37.7 Å². The van der Waals surface area contributed by atoms with Crippen LogP contribution < -0.4 is 5.32 Å². The molecule has 1 aliphatic heterocycles. The van der Waals surface area contributed by atoms with E-state index in [1.165, 1.54) is 0 Å². The van der Waals surface area contributed by atoms with Crippen molar-refractivity contribution >= 4 is 22.8 Å². The maximum atomic E-state index is 12.8. The van der Waals surface area contributed by atoms with Gasteiger partial charge in [0.2, 0.25) is 5.91 Å². The van der Waals surface area contributed by atoms with Crippen LogP contribution in [0.2, 0.25) is 0 Å². The van der Waals surface area contributed by atoms with E-state index in [4.69, 9.17) is 4.74 Å². The summed E-state index contributed by atoms with van der Waals surface area (Å²) >= 11 is 0. The van der Waals surface area contributed by atoms with Gasteiger partial charge >= 0.3 is 0 Å². The number of aromatic nitrogens is 2. The zero-order chi connectivity index (χ0) is 20.2. The minimum Gasteiger partial charge on any atom is -0.378 e. The van der Waals surface area contributed by atoms with Crippen molar-refractivity contribution in [3.05, 3.63) is 65.5 Å². The van der Waals surface area contributed by atoms with Gasteiger partial charge in [-0.25, -0.2) is 4.98 Å². The first-order valence-corrected chi connectivity index (χ1v) is 9.76. The molecule has 0 saturated carbocycles. The molecule has 1 saturated heterocycles. The Balaban J connectivity index is 1.53. The standard InChI is InChI=1S/C22H24N4O3/c1-16-6-8-17(9-7-16)22(28)23-14-20-24-18-4-2-3-5-19(18)26(20)15-21(27)25-10-12-29-13-11-25/h2-9H,10-15H2,1H3,(H,23,28). The summed E-state index contributed by atoms with van der Waals surface area (Å²) in [6.45, 7) is 4.76. The average Bonchev–Trinajstić information content (AvgIpc) is 3.10. The normalized spacial score (nSPS) is 14.2. The molecule has 2 amide bonds. The minimum atomic E-state index is -0.164. The number of hydrogen-bond donors (Lipinski definition) is 1. The Morgan fingerprint density at radius 2 is 1.79 bits per heavy atom. The summed E-state index contributed by atoms with van der Waals surface area (Å²) in [7, 11) is 0. The van der Waals surface area contributed by atoms with E-state index in [9.17, 15) is 9.59 Å². The molecular weight excluding hydrogens is 368 g/mol. The lowest BCUT2D eigenvalue weighted by molar-refractivity contribution is -0.135. The molecule has 0 aliphatic carbocycles. The topological polar surface area (TPSA) is 76.5 Å². The van der Waals surface area contributed by atoms with Crippen molar-refractivity contribution in [2.45, 2.75) is 20.0 Å². The van der Waals surface area contributed by atoms with Gasteiger partial charge in [-0.05, 0) is 31.2 Å². The van der Waals surface area contributed by atoms with Crippen LogP contribution in [0.4, 0.5) is 0 Å². The van der Waals surface area contributed by atoms with Gasteiger partial charge in [-0.15, -0.1) is 0 Å². The number of rotatable bonds is 5. The number of carbonyl (C=O) groups excluding carboxylic acids is 2. The smallest absolute Gasteiger partial charge is 0.251 e. The molecule has 0 unspecified atom stereocenters. The quantitative estimate of drug-likeness (QED) is 0.722. The number of ether oxygens (including phenoxy) is 1. The molecule has 0 spiro atoms. The van der Waals surface area contributed by atoms with Crippen LogP contribution in [0.3, 0.4) is 0 Å². The van der Waals surface area contributed by atoms with Crippen LogP contribution in [-0.4, -0.2) is 52.6 Å². The molecule has 4 rings (SSSR count). The van der Waals surface area contributed by atoms with Gasteiger partial charge < -0.3 is 19.5 Å². The Morgan fingerprint density at radius 3 is 2.55 bits per heavy atom. The highest BCUT2D eigenvalue weighted by Gasteiger charge is 2.20. The third-order valence-electron chi connectivity index (χ3n) is 5.11. The van der Waals surface area contributed by atoms with Crippen LogP contribution in [0.25, 0.3) is 11.0 Å². The number of aryl methyl sites for hydroxylation is 1. The van der Waals surface area contributed by atoms with Gasteiger partial charge in [0.05, 0.1) is 30.8 Å². The SMILES string of the molecule is Cc1ccc(C(=O)NCc2nc3ccccc3n2CC(=O)N2CCOCC2)cc1. The highest BCUT2D eigenvalue weighted by Crippen LogP contribution is 2.17. The van der Waals surface area contributed by atoms with Gasteiger partial charge in [-0.2, -0.15) is 0 Å². The lowest BCUT2D eigenvalue weighted by Crippen LogP contribution is -2.42. The molecule has 7 nitrogen and oxygen atoms in total. The third kappa shape index (κ3) is 4.30. The Bertz CT molecular complexity index is 1020. The Hall–Kier alpha value is -3.19. The van der Waals surface area contributed by atoms with Crippen molar-refractivity contribution in [3.8, 4) is 0 Å². The molecule has 0 radical (unpaired) electrons. The van der Waals surface area contributed by atoms with Crippen LogP contribution in [0, 0.1) is 6.92 Å². The molecule has 1 aliphatic rings. The van der Waals surface area contributed by atoms with Crippen molar-refractivity contribution in [2.75, 3.05) is 26.3 Å². The molecule has 1 fully saturated rings. The van der Waals surface area contributed by atoms with Crippen LogP contribution in [0.5, 0.6) is 0 Å². The predicted molar refractivity (Wildman–Crippen MR) is 109 cm³/mol. The molecule has 150 valence electrons. The summed E-state index contributed by atoms with van der Waals surface area (Å²) < 4.78 is 7.22. The number of nitrogens with zero attached hydrogens (tertiary/aromatic N) is 3. The zero-order valence-electron chi connectivity index (χ0n) is 16.4. The van der Waals surface area contributed by atoms with Gasteiger partial charge in [0, 0.05) is 18.7 Å². The number of benzene rings is 2. The van der Waals surface area contributed by atoms with Crippen molar-refractivity contribution in [3.63, 3.8) is 0 Å². The van der Waals surface area contributed by atoms with Gasteiger partial charge in [-0.1, -0.05) is 29.8 Å². The summed E-state index contributed by atoms with van der Waals surface area (Å²) in [4.78, 5) is 31.7. The summed E-state index contributed by atoms with van der Waals surface area (Å²) in [5.74, 6) is 0.527. The fraction of sp³-hybridized carbons (Fsp3) is 0.318. The second kappa shape index (κ2) is 8.45. The largest absolute Gasteiger partial charge is 0.378 e. The van der Waals surface area contributed by atoms with E-state index in [0.717, 1.165) is 16.6 Å². The number of fused-ring (bicyclic) bond motifs is 1. The third-order valence-corrected chi connectivity index (χ3v) is 5.11. The van der Waals surface area contributed by atoms with Crippen LogP contribution in [0.1, 0.15) is 21.7 Å². The van der Waals surface area contributed by atoms with Gasteiger partial charge in [-0.3, -0.25) is 9.59 Å². The number of para-hydroxylation sites is 2. The van der Waals surface area contributed by atoms with E-state index in [1.54, 1.807) is 12.1 Å². The van der Waals surface area contributed by atoms with Crippen LogP contribution >= 0.6 is 0 Å². The monoisotopic (exact) mass is 392 g/mol. The summed E-state index contributed by atoms with van der Waals surface area (Å²) in [6, 6.07) is 15.1.